The number of anilines is 4. The van der Waals surface area contributed by atoms with E-state index < -0.39 is 29.1 Å². The largest absolute Gasteiger partial charge is 0.495 e. The molecule has 1 aliphatic heterocycles. The van der Waals surface area contributed by atoms with Gasteiger partial charge in [0.15, 0.2) is 0 Å². The van der Waals surface area contributed by atoms with Crippen LogP contribution in [-0.4, -0.2) is 28.9 Å². The molecule has 4 N–H and O–H groups in total. The molecule has 1 aliphatic rings. The third-order valence-corrected chi connectivity index (χ3v) is 5.03. The summed E-state index contributed by atoms with van der Waals surface area (Å²) in [6.07, 6.45) is -0.239. The molecule has 9 nitrogen and oxygen atoms in total. The average molecular weight is 458 g/mol. The highest BCUT2D eigenvalue weighted by atomic mass is 35.5. The highest BCUT2D eigenvalue weighted by molar-refractivity contribution is 6.31. The van der Waals surface area contributed by atoms with Gasteiger partial charge in [0.05, 0.1) is 24.3 Å². The molecule has 2 heterocycles. The van der Waals surface area contributed by atoms with Crippen molar-refractivity contribution in [2.45, 2.75) is 12.3 Å². The molecule has 1 atom stereocenters. The highest BCUT2D eigenvalue weighted by Crippen LogP contribution is 2.33. The lowest BCUT2D eigenvalue weighted by molar-refractivity contribution is -0.123. The molecule has 2 aromatic carbocycles. The number of H-pyrrole nitrogens is 1. The summed E-state index contributed by atoms with van der Waals surface area (Å²) in [7, 11) is 1.44. The number of aromatic amines is 1. The van der Waals surface area contributed by atoms with Gasteiger partial charge in [-0.05, 0) is 42.5 Å². The second kappa shape index (κ2) is 8.67. The number of fused-ring (bicyclic) bond motifs is 1. The summed E-state index contributed by atoms with van der Waals surface area (Å²) in [6, 6.07) is 10.1. The third-order valence-electron chi connectivity index (χ3n) is 4.79. The fourth-order valence-corrected chi connectivity index (χ4v) is 3.49. The molecule has 11 heteroatoms. The van der Waals surface area contributed by atoms with Crippen LogP contribution in [0.5, 0.6) is 5.75 Å². The van der Waals surface area contributed by atoms with E-state index in [1.54, 1.807) is 12.1 Å². The van der Waals surface area contributed by atoms with E-state index >= 15 is 0 Å². The maximum absolute atomic E-state index is 13.1. The first-order chi connectivity index (χ1) is 15.3. The van der Waals surface area contributed by atoms with E-state index in [1.165, 1.54) is 37.4 Å². The van der Waals surface area contributed by atoms with Crippen molar-refractivity contribution in [1.82, 2.24) is 9.97 Å². The van der Waals surface area contributed by atoms with E-state index in [2.05, 4.69) is 25.9 Å². The fourth-order valence-electron chi connectivity index (χ4n) is 3.32. The molecule has 0 aliphatic carbocycles. The predicted octanol–water partition coefficient (Wildman–Crippen LogP) is 3.38. The van der Waals surface area contributed by atoms with Gasteiger partial charge in [-0.2, -0.15) is 4.98 Å². The summed E-state index contributed by atoms with van der Waals surface area (Å²) in [6.45, 7) is 0. The smallest absolute Gasteiger partial charge is 0.258 e. The zero-order valence-corrected chi connectivity index (χ0v) is 17.4. The van der Waals surface area contributed by atoms with Gasteiger partial charge in [-0.1, -0.05) is 11.6 Å². The number of nitrogens with zero attached hydrogens (tertiary/aromatic N) is 1. The van der Waals surface area contributed by atoms with E-state index in [-0.39, 0.29) is 23.8 Å². The van der Waals surface area contributed by atoms with Gasteiger partial charge in [0.1, 0.15) is 17.4 Å². The number of carbonyl (C=O) groups is 2. The maximum atomic E-state index is 13.1. The summed E-state index contributed by atoms with van der Waals surface area (Å²) in [5, 5.41) is 8.38. The van der Waals surface area contributed by atoms with Gasteiger partial charge in [-0.3, -0.25) is 19.4 Å². The first-order valence-electron chi connectivity index (χ1n) is 9.45. The van der Waals surface area contributed by atoms with Crippen LogP contribution in [0.1, 0.15) is 17.9 Å². The highest BCUT2D eigenvalue weighted by Gasteiger charge is 2.35. The Morgan fingerprint density at radius 2 is 1.97 bits per heavy atom. The lowest BCUT2D eigenvalue weighted by atomic mass is 9.92. The molecule has 1 aromatic heterocycles. The van der Waals surface area contributed by atoms with Crippen LogP contribution >= 0.6 is 11.6 Å². The summed E-state index contributed by atoms with van der Waals surface area (Å²) in [4.78, 5) is 44.8. The van der Waals surface area contributed by atoms with E-state index in [4.69, 9.17) is 16.3 Å². The zero-order chi connectivity index (χ0) is 22.8. The summed E-state index contributed by atoms with van der Waals surface area (Å²) >= 11 is 6.00. The van der Waals surface area contributed by atoms with Crippen LogP contribution in [0.15, 0.2) is 47.3 Å². The molecular weight excluding hydrogens is 441 g/mol. The Morgan fingerprint density at radius 3 is 2.69 bits per heavy atom. The summed E-state index contributed by atoms with van der Waals surface area (Å²) in [5.74, 6) is -2.20. The molecule has 0 radical (unpaired) electrons. The van der Waals surface area contributed by atoms with E-state index in [9.17, 15) is 18.8 Å². The van der Waals surface area contributed by atoms with Crippen LogP contribution in [0.3, 0.4) is 0 Å². The van der Waals surface area contributed by atoms with E-state index in [0.29, 0.717) is 22.1 Å². The fraction of sp³-hybridized carbons (Fsp3) is 0.143. The second-order valence-electron chi connectivity index (χ2n) is 6.95. The molecule has 0 saturated heterocycles. The number of ether oxygens (including phenoxy) is 1. The monoisotopic (exact) mass is 457 g/mol. The van der Waals surface area contributed by atoms with Gasteiger partial charge in [0, 0.05) is 17.1 Å². The van der Waals surface area contributed by atoms with Crippen molar-refractivity contribution in [3.05, 3.63) is 69.2 Å². The Labute approximate surface area is 186 Å². The van der Waals surface area contributed by atoms with Crippen molar-refractivity contribution < 1.29 is 18.7 Å². The zero-order valence-electron chi connectivity index (χ0n) is 16.7. The third kappa shape index (κ3) is 4.40. The Balaban J connectivity index is 1.65. The molecule has 3 aromatic rings. The van der Waals surface area contributed by atoms with Gasteiger partial charge in [0.25, 0.3) is 5.56 Å². The number of hydrogen-bond donors (Lipinski definition) is 4. The van der Waals surface area contributed by atoms with Crippen molar-refractivity contribution in [1.29, 1.82) is 0 Å². The molecular formula is C21H17ClFN5O4. The molecule has 0 fully saturated rings. The molecule has 4 rings (SSSR count). The number of hydrogen-bond acceptors (Lipinski definition) is 6. The number of amides is 2. The normalized spacial score (nSPS) is 14.8. The molecule has 164 valence electrons. The minimum absolute atomic E-state index is 0.0211. The standard InChI is InChI=1S/C21H17ClFN5O4/c1-32-15-7-2-10(22)8-14(15)25-19(30)13-9-16(29)26-18-17(13)20(31)28-21(27-18)24-12-5-3-11(23)4-6-12/h2-8,13H,9H2,1H3,(H,25,30)(H3,24,26,27,28,29,31)/t13-/m1/s1. The number of methoxy groups -OCH3 is 1. The Kier molecular flexibility index (Phi) is 5.78. The van der Waals surface area contributed by atoms with Crippen LogP contribution in [0.4, 0.5) is 27.5 Å². The van der Waals surface area contributed by atoms with Gasteiger partial charge >= 0.3 is 0 Å². The van der Waals surface area contributed by atoms with Gasteiger partial charge in [0.2, 0.25) is 17.8 Å². The SMILES string of the molecule is COc1ccc(Cl)cc1NC(=O)[C@@H]1CC(=O)Nc2nc(Nc3ccc(F)cc3)[nH]c(=O)c21. The Hall–Kier alpha value is -3.92. The molecule has 0 bridgehead atoms. The molecule has 0 saturated carbocycles. The maximum Gasteiger partial charge on any atom is 0.258 e. The number of benzene rings is 2. The number of aromatic nitrogens is 2. The summed E-state index contributed by atoms with van der Waals surface area (Å²) < 4.78 is 18.3. The minimum atomic E-state index is -1.08. The van der Waals surface area contributed by atoms with Crippen LogP contribution in [0, 0.1) is 5.82 Å². The van der Waals surface area contributed by atoms with Crippen LogP contribution in [0.2, 0.25) is 5.02 Å². The average Bonchev–Trinajstić information content (AvgIpc) is 2.74. The summed E-state index contributed by atoms with van der Waals surface area (Å²) in [5.41, 5.74) is 0.195. The first kappa shape index (κ1) is 21.3. The van der Waals surface area contributed by atoms with Crippen molar-refractivity contribution in [3.63, 3.8) is 0 Å². The van der Waals surface area contributed by atoms with Crippen LogP contribution < -0.4 is 26.2 Å². The van der Waals surface area contributed by atoms with Gasteiger partial charge in [-0.25, -0.2) is 4.39 Å². The lowest BCUT2D eigenvalue weighted by Crippen LogP contribution is -2.36. The number of halogens is 2. The molecule has 0 unspecified atom stereocenters. The van der Waals surface area contributed by atoms with Crippen molar-refractivity contribution in [3.8, 4) is 5.75 Å². The number of rotatable bonds is 5. The molecule has 0 spiro atoms. The lowest BCUT2D eigenvalue weighted by Gasteiger charge is -2.24. The second-order valence-corrected chi connectivity index (χ2v) is 7.38. The molecule has 2 amide bonds. The molecule has 32 heavy (non-hydrogen) atoms. The van der Waals surface area contributed by atoms with Crippen LogP contribution in [0.25, 0.3) is 0 Å². The Bertz CT molecular complexity index is 1260. The number of carbonyl (C=O) groups excluding carboxylic acids is 2. The first-order valence-corrected chi connectivity index (χ1v) is 9.83. The van der Waals surface area contributed by atoms with Gasteiger partial charge < -0.3 is 20.7 Å². The van der Waals surface area contributed by atoms with Gasteiger partial charge in [-0.15, -0.1) is 0 Å². The Morgan fingerprint density at radius 1 is 1.22 bits per heavy atom. The van der Waals surface area contributed by atoms with E-state index in [1.807, 2.05) is 0 Å². The quantitative estimate of drug-likeness (QED) is 0.465. The van der Waals surface area contributed by atoms with Crippen molar-refractivity contribution in [2.75, 3.05) is 23.1 Å². The van der Waals surface area contributed by atoms with Crippen LogP contribution in [-0.2, 0) is 9.59 Å². The predicted molar refractivity (Wildman–Crippen MR) is 117 cm³/mol. The van der Waals surface area contributed by atoms with E-state index in [0.717, 1.165) is 0 Å². The topological polar surface area (TPSA) is 125 Å². The number of nitrogens with one attached hydrogen (secondary N) is 4. The van der Waals surface area contributed by atoms with Crippen molar-refractivity contribution in [2.24, 2.45) is 0 Å². The minimum Gasteiger partial charge on any atom is -0.495 e. The van der Waals surface area contributed by atoms with Crippen molar-refractivity contribution >= 4 is 46.6 Å².